The van der Waals surface area contributed by atoms with Crippen LogP contribution in [0.1, 0.15) is 41.6 Å². The second kappa shape index (κ2) is 6.47. The third-order valence-corrected chi connectivity index (χ3v) is 3.92. The molecule has 1 saturated carbocycles. The average Bonchev–Trinajstić information content (AvgIpc) is 2.47. The third kappa shape index (κ3) is 4.20. The summed E-state index contributed by atoms with van der Waals surface area (Å²) in [6, 6.07) is 5.03. The Morgan fingerprint density at radius 1 is 1.14 bits per heavy atom. The van der Waals surface area contributed by atoms with Crippen LogP contribution in [0.4, 0.5) is 13.2 Å². The molecule has 0 spiro atoms. The zero-order valence-electron chi connectivity index (χ0n) is 11.8. The van der Waals surface area contributed by atoms with E-state index in [2.05, 4.69) is 10.6 Å². The van der Waals surface area contributed by atoms with Crippen LogP contribution in [-0.4, -0.2) is 25.0 Å². The monoisotopic (exact) mass is 300 g/mol. The summed E-state index contributed by atoms with van der Waals surface area (Å²) < 4.78 is 37.9. The van der Waals surface area contributed by atoms with Crippen LogP contribution in [0.2, 0.25) is 0 Å². The highest BCUT2D eigenvalue weighted by Gasteiger charge is 2.31. The van der Waals surface area contributed by atoms with E-state index in [1.807, 2.05) is 7.05 Å². The maximum absolute atomic E-state index is 12.6. The van der Waals surface area contributed by atoms with Gasteiger partial charge in [-0.3, -0.25) is 4.79 Å². The Kier molecular flexibility index (Phi) is 4.88. The lowest BCUT2D eigenvalue weighted by Crippen LogP contribution is -2.41. The number of amides is 1. The van der Waals surface area contributed by atoms with E-state index in [4.69, 9.17) is 0 Å². The van der Waals surface area contributed by atoms with E-state index in [-0.39, 0.29) is 11.6 Å². The summed E-state index contributed by atoms with van der Waals surface area (Å²) in [5.41, 5.74) is -0.741. The lowest BCUT2D eigenvalue weighted by Gasteiger charge is -2.28. The molecule has 0 aromatic heterocycles. The largest absolute Gasteiger partial charge is 0.416 e. The maximum Gasteiger partial charge on any atom is 0.416 e. The van der Waals surface area contributed by atoms with Gasteiger partial charge in [-0.1, -0.05) is 6.07 Å². The number of rotatable bonds is 3. The van der Waals surface area contributed by atoms with Gasteiger partial charge in [0.1, 0.15) is 0 Å². The second-order valence-corrected chi connectivity index (χ2v) is 5.39. The Hall–Kier alpha value is -1.56. The van der Waals surface area contributed by atoms with E-state index in [1.54, 1.807) is 0 Å². The number of carbonyl (C=O) groups excluding carboxylic acids is 1. The van der Waals surface area contributed by atoms with Gasteiger partial charge in [-0.2, -0.15) is 13.2 Å². The van der Waals surface area contributed by atoms with Gasteiger partial charge in [0.2, 0.25) is 0 Å². The Balaban J connectivity index is 1.98. The molecule has 0 unspecified atom stereocenters. The number of hydrogen-bond donors (Lipinski definition) is 2. The molecule has 1 aromatic carbocycles. The molecule has 1 fully saturated rings. The minimum atomic E-state index is -4.43. The van der Waals surface area contributed by atoms with Crippen molar-refractivity contribution in [2.75, 3.05) is 7.05 Å². The first-order chi connectivity index (χ1) is 9.90. The standard InChI is InChI=1S/C15H19F3N2O/c1-19-12-5-7-13(8-6-12)20-14(21)10-3-2-4-11(9-10)15(16,17)18/h2-4,9,12-13,19H,5-8H2,1H3,(H,20,21). The van der Waals surface area contributed by atoms with E-state index in [1.165, 1.54) is 12.1 Å². The van der Waals surface area contributed by atoms with Crippen LogP contribution in [0.3, 0.4) is 0 Å². The van der Waals surface area contributed by atoms with Gasteiger partial charge in [-0.15, -0.1) is 0 Å². The summed E-state index contributed by atoms with van der Waals surface area (Å²) in [5, 5.41) is 6.02. The van der Waals surface area contributed by atoms with Crippen molar-refractivity contribution in [1.29, 1.82) is 0 Å². The minimum Gasteiger partial charge on any atom is -0.349 e. The molecular weight excluding hydrogens is 281 g/mol. The molecule has 116 valence electrons. The molecule has 0 atom stereocenters. The number of hydrogen-bond acceptors (Lipinski definition) is 2. The van der Waals surface area contributed by atoms with Crippen molar-refractivity contribution in [1.82, 2.24) is 10.6 Å². The van der Waals surface area contributed by atoms with Crippen molar-refractivity contribution in [2.24, 2.45) is 0 Å². The lowest BCUT2D eigenvalue weighted by molar-refractivity contribution is -0.137. The zero-order valence-corrected chi connectivity index (χ0v) is 11.8. The summed E-state index contributed by atoms with van der Waals surface area (Å²) in [7, 11) is 1.91. The highest BCUT2D eigenvalue weighted by molar-refractivity contribution is 5.94. The predicted molar refractivity (Wildman–Crippen MR) is 74.0 cm³/mol. The van der Waals surface area contributed by atoms with Gasteiger partial charge in [-0.05, 0) is 50.9 Å². The molecule has 21 heavy (non-hydrogen) atoms. The molecule has 0 aliphatic heterocycles. The molecule has 2 rings (SSSR count). The number of benzene rings is 1. The summed E-state index contributed by atoms with van der Waals surface area (Å²) in [4.78, 5) is 12.0. The third-order valence-electron chi connectivity index (χ3n) is 3.92. The molecule has 1 aliphatic carbocycles. The van der Waals surface area contributed by atoms with Crippen molar-refractivity contribution in [3.8, 4) is 0 Å². The molecule has 0 bridgehead atoms. The Morgan fingerprint density at radius 2 is 1.76 bits per heavy atom. The first-order valence-electron chi connectivity index (χ1n) is 7.05. The van der Waals surface area contributed by atoms with Crippen molar-refractivity contribution in [2.45, 2.75) is 43.9 Å². The molecule has 1 aliphatic rings. The van der Waals surface area contributed by atoms with Crippen molar-refractivity contribution < 1.29 is 18.0 Å². The number of alkyl halides is 3. The predicted octanol–water partition coefficient (Wildman–Crippen LogP) is 2.97. The first kappa shape index (κ1) is 15.8. The number of halogens is 3. The van der Waals surface area contributed by atoms with Gasteiger partial charge in [0.25, 0.3) is 5.91 Å². The van der Waals surface area contributed by atoms with E-state index in [0.717, 1.165) is 37.8 Å². The van der Waals surface area contributed by atoms with Crippen LogP contribution < -0.4 is 10.6 Å². The summed E-state index contributed by atoms with van der Waals surface area (Å²) in [6.45, 7) is 0. The fourth-order valence-electron chi connectivity index (χ4n) is 2.63. The van der Waals surface area contributed by atoms with Gasteiger partial charge in [0.05, 0.1) is 5.56 Å². The van der Waals surface area contributed by atoms with Gasteiger partial charge in [-0.25, -0.2) is 0 Å². The molecule has 0 saturated heterocycles. The van der Waals surface area contributed by atoms with E-state index < -0.39 is 17.6 Å². The fourth-order valence-corrected chi connectivity index (χ4v) is 2.63. The zero-order chi connectivity index (χ0) is 15.5. The molecule has 1 amide bonds. The highest BCUT2D eigenvalue weighted by Crippen LogP contribution is 2.29. The van der Waals surface area contributed by atoms with Crippen LogP contribution in [0.15, 0.2) is 24.3 Å². The summed E-state index contributed by atoms with van der Waals surface area (Å²) >= 11 is 0. The topological polar surface area (TPSA) is 41.1 Å². The summed E-state index contributed by atoms with van der Waals surface area (Å²) in [5.74, 6) is -0.436. The smallest absolute Gasteiger partial charge is 0.349 e. The van der Waals surface area contributed by atoms with Crippen LogP contribution in [-0.2, 0) is 6.18 Å². The number of nitrogens with one attached hydrogen (secondary N) is 2. The van der Waals surface area contributed by atoms with Gasteiger partial charge in [0.15, 0.2) is 0 Å². The first-order valence-corrected chi connectivity index (χ1v) is 7.05. The van der Waals surface area contributed by atoms with Crippen LogP contribution in [0, 0.1) is 0 Å². The molecule has 0 radical (unpaired) electrons. The van der Waals surface area contributed by atoms with Crippen molar-refractivity contribution in [3.63, 3.8) is 0 Å². The average molecular weight is 300 g/mol. The van der Waals surface area contributed by atoms with Gasteiger partial charge in [0, 0.05) is 17.6 Å². The summed E-state index contributed by atoms with van der Waals surface area (Å²) in [6.07, 6.45) is -0.818. The van der Waals surface area contributed by atoms with Gasteiger partial charge >= 0.3 is 6.18 Å². The van der Waals surface area contributed by atoms with E-state index in [9.17, 15) is 18.0 Å². The maximum atomic E-state index is 12.6. The fraction of sp³-hybridized carbons (Fsp3) is 0.533. The van der Waals surface area contributed by atoms with Gasteiger partial charge < -0.3 is 10.6 Å². The number of carbonyl (C=O) groups is 1. The minimum absolute atomic E-state index is 0.0386. The van der Waals surface area contributed by atoms with Crippen molar-refractivity contribution in [3.05, 3.63) is 35.4 Å². The molecule has 2 N–H and O–H groups in total. The lowest BCUT2D eigenvalue weighted by atomic mass is 9.91. The highest BCUT2D eigenvalue weighted by atomic mass is 19.4. The normalized spacial score (nSPS) is 22.9. The molecule has 1 aromatic rings. The molecule has 0 heterocycles. The SMILES string of the molecule is CNC1CCC(NC(=O)c2cccc(C(F)(F)F)c2)CC1. The van der Waals surface area contributed by atoms with Crippen molar-refractivity contribution >= 4 is 5.91 Å². The Labute approximate surface area is 121 Å². The molecule has 3 nitrogen and oxygen atoms in total. The van der Waals surface area contributed by atoms with E-state index >= 15 is 0 Å². The molecule has 6 heteroatoms. The quantitative estimate of drug-likeness (QED) is 0.901. The Bertz CT molecular complexity index is 494. The molecular formula is C15H19F3N2O. The van der Waals surface area contributed by atoms with E-state index in [0.29, 0.717) is 6.04 Å². The van der Waals surface area contributed by atoms with Crippen LogP contribution in [0.5, 0.6) is 0 Å². The second-order valence-electron chi connectivity index (χ2n) is 5.39. The Morgan fingerprint density at radius 3 is 2.33 bits per heavy atom. The van der Waals surface area contributed by atoms with Crippen LogP contribution >= 0.6 is 0 Å². The van der Waals surface area contributed by atoms with Crippen LogP contribution in [0.25, 0.3) is 0 Å².